The minimum atomic E-state index is -3.78. The second kappa shape index (κ2) is 8.86. The van der Waals surface area contributed by atoms with E-state index < -0.39 is 10.0 Å². The van der Waals surface area contributed by atoms with E-state index in [1.165, 1.54) is 4.31 Å². The Morgan fingerprint density at radius 1 is 0.964 bits per heavy atom. The molecule has 1 amide bonds. The van der Waals surface area contributed by atoms with Crippen LogP contribution in [0, 0.1) is 6.92 Å². The summed E-state index contributed by atoms with van der Waals surface area (Å²) in [6.45, 7) is 4.84. The van der Waals surface area contributed by atoms with Gasteiger partial charge in [-0.25, -0.2) is 8.42 Å². The number of hydrogen-bond donors (Lipinski definition) is 0. The molecule has 1 heterocycles. The van der Waals surface area contributed by atoms with Gasteiger partial charge in [0.05, 0.1) is 11.4 Å². The monoisotopic (exact) mass is 401 g/mol. The summed E-state index contributed by atoms with van der Waals surface area (Å²) in [4.78, 5) is 17.0. The van der Waals surface area contributed by atoms with Crippen molar-refractivity contribution >= 4 is 15.9 Å². The number of benzene rings is 2. The lowest BCUT2D eigenvalue weighted by Crippen LogP contribution is -2.50. The minimum absolute atomic E-state index is 0.153. The van der Waals surface area contributed by atoms with Crippen molar-refractivity contribution in [3.05, 3.63) is 65.7 Å². The van der Waals surface area contributed by atoms with Crippen LogP contribution in [0.15, 0.2) is 59.5 Å². The van der Waals surface area contributed by atoms with E-state index in [2.05, 4.69) is 4.90 Å². The van der Waals surface area contributed by atoms with Crippen molar-refractivity contribution in [2.24, 2.45) is 0 Å². The number of hydrogen-bond acceptors (Lipinski definition) is 4. The Hall–Kier alpha value is -2.22. The van der Waals surface area contributed by atoms with Gasteiger partial charge in [-0.3, -0.25) is 4.79 Å². The molecule has 3 rings (SSSR count). The van der Waals surface area contributed by atoms with Crippen LogP contribution in [0.25, 0.3) is 0 Å². The van der Waals surface area contributed by atoms with E-state index in [0.717, 1.165) is 24.2 Å². The molecule has 1 saturated heterocycles. The number of likely N-dealkylation sites (N-methyl/N-ethyl adjacent to an activating group) is 1. The highest BCUT2D eigenvalue weighted by Crippen LogP contribution is 2.19. The van der Waals surface area contributed by atoms with Crippen molar-refractivity contribution in [1.29, 1.82) is 0 Å². The zero-order valence-corrected chi connectivity index (χ0v) is 17.2. The van der Waals surface area contributed by atoms with Crippen LogP contribution >= 0.6 is 0 Å². The lowest BCUT2D eigenvalue weighted by Gasteiger charge is -2.33. The van der Waals surface area contributed by atoms with E-state index in [9.17, 15) is 13.2 Å². The molecule has 0 atom stereocenters. The van der Waals surface area contributed by atoms with Crippen molar-refractivity contribution in [2.45, 2.75) is 18.4 Å². The fraction of sp³-hybridized carbons (Fsp3) is 0.381. The average Bonchev–Trinajstić information content (AvgIpc) is 2.70. The van der Waals surface area contributed by atoms with Crippen LogP contribution in [0.3, 0.4) is 0 Å². The summed E-state index contributed by atoms with van der Waals surface area (Å²) in [6, 6.07) is 16.0. The molecule has 0 aromatic heterocycles. The molecular formula is C21H27N3O3S. The standard InChI is InChI=1S/C21H27N3O3S/c1-18-8-10-19(11-9-18)16-24(28(26,27)20-6-4-3-5-7-20)17-21(25)23-14-12-22(2)13-15-23/h3-11H,12-17H2,1-2H3. The van der Waals surface area contributed by atoms with Gasteiger partial charge in [0, 0.05) is 32.7 Å². The van der Waals surface area contributed by atoms with Gasteiger partial charge in [0.25, 0.3) is 0 Å². The normalized spacial score (nSPS) is 15.8. The molecule has 0 aliphatic carbocycles. The molecule has 0 N–H and O–H groups in total. The van der Waals surface area contributed by atoms with Crippen LogP contribution < -0.4 is 0 Å². The number of nitrogens with zero attached hydrogens (tertiary/aromatic N) is 3. The lowest BCUT2D eigenvalue weighted by atomic mass is 10.1. The van der Waals surface area contributed by atoms with Gasteiger partial charge in [-0.1, -0.05) is 48.0 Å². The van der Waals surface area contributed by atoms with Gasteiger partial charge in [0.15, 0.2) is 0 Å². The van der Waals surface area contributed by atoms with Gasteiger partial charge in [-0.05, 0) is 31.7 Å². The van der Waals surface area contributed by atoms with Crippen LogP contribution in [0.4, 0.5) is 0 Å². The topological polar surface area (TPSA) is 60.9 Å². The molecule has 2 aromatic rings. The van der Waals surface area contributed by atoms with Crippen molar-refractivity contribution in [3.8, 4) is 0 Å². The van der Waals surface area contributed by atoms with E-state index >= 15 is 0 Å². The summed E-state index contributed by atoms with van der Waals surface area (Å²) < 4.78 is 27.7. The van der Waals surface area contributed by atoms with Crippen molar-refractivity contribution in [1.82, 2.24) is 14.1 Å². The predicted octanol–water partition coefficient (Wildman–Crippen LogP) is 1.96. The van der Waals surface area contributed by atoms with Crippen LogP contribution in [-0.2, 0) is 21.4 Å². The number of carbonyl (C=O) groups is 1. The summed E-state index contributed by atoms with van der Waals surface area (Å²) in [7, 11) is -1.76. The molecular weight excluding hydrogens is 374 g/mol. The Morgan fingerprint density at radius 3 is 2.18 bits per heavy atom. The van der Waals surface area contributed by atoms with Crippen molar-refractivity contribution < 1.29 is 13.2 Å². The third-order valence-corrected chi connectivity index (χ3v) is 6.83. The number of rotatable bonds is 6. The van der Waals surface area contributed by atoms with Gasteiger partial charge in [0.1, 0.15) is 0 Å². The number of amides is 1. The first-order valence-electron chi connectivity index (χ1n) is 9.43. The molecule has 1 fully saturated rings. The van der Waals surface area contributed by atoms with E-state index in [1.54, 1.807) is 35.2 Å². The van der Waals surface area contributed by atoms with Crippen molar-refractivity contribution in [3.63, 3.8) is 0 Å². The van der Waals surface area contributed by atoms with E-state index in [-0.39, 0.29) is 23.9 Å². The first-order valence-corrected chi connectivity index (χ1v) is 10.9. The quantitative estimate of drug-likeness (QED) is 0.742. The molecule has 0 radical (unpaired) electrons. The van der Waals surface area contributed by atoms with Gasteiger partial charge < -0.3 is 9.80 Å². The predicted molar refractivity (Wildman–Crippen MR) is 109 cm³/mol. The van der Waals surface area contributed by atoms with E-state index in [4.69, 9.17) is 0 Å². The smallest absolute Gasteiger partial charge is 0.243 e. The maximum atomic E-state index is 13.2. The lowest BCUT2D eigenvalue weighted by molar-refractivity contribution is -0.133. The van der Waals surface area contributed by atoms with Gasteiger partial charge >= 0.3 is 0 Å². The second-order valence-electron chi connectivity index (χ2n) is 7.26. The van der Waals surface area contributed by atoms with E-state index in [1.807, 2.05) is 38.2 Å². The van der Waals surface area contributed by atoms with Crippen LogP contribution in [-0.4, -0.2) is 68.2 Å². The molecule has 150 valence electrons. The maximum Gasteiger partial charge on any atom is 0.243 e. The SMILES string of the molecule is Cc1ccc(CN(CC(=O)N2CCN(C)CC2)S(=O)(=O)c2ccccc2)cc1. The Morgan fingerprint density at radius 2 is 1.57 bits per heavy atom. The molecule has 1 aliphatic heterocycles. The molecule has 0 bridgehead atoms. The first kappa shape index (κ1) is 20.5. The molecule has 0 unspecified atom stereocenters. The summed E-state index contributed by atoms with van der Waals surface area (Å²) >= 11 is 0. The molecule has 0 spiro atoms. The fourth-order valence-corrected chi connectivity index (χ4v) is 4.57. The number of aryl methyl sites for hydroxylation is 1. The van der Waals surface area contributed by atoms with Gasteiger partial charge in [-0.15, -0.1) is 0 Å². The molecule has 28 heavy (non-hydrogen) atoms. The van der Waals surface area contributed by atoms with Crippen LogP contribution in [0.2, 0.25) is 0 Å². The summed E-state index contributed by atoms with van der Waals surface area (Å²) in [5, 5.41) is 0. The fourth-order valence-electron chi connectivity index (χ4n) is 3.17. The molecule has 2 aromatic carbocycles. The zero-order chi connectivity index (χ0) is 20.1. The third kappa shape index (κ3) is 4.98. The number of piperazine rings is 1. The zero-order valence-electron chi connectivity index (χ0n) is 16.4. The van der Waals surface area contributed by atoms with Gasteiger partial charge in [-0.2, -0.15) is 4.31 Å². The Kier molecular flexibility index (Phi) is 6.49. The Bertz CT molecular complexity index is 890. The summed E-state index contributed by atoms with van der Waals surface area (Å²) in [5.41, 5.74) is 1.96. The van der Waals surface area contributed by atoms with Crippen LogP contribution in [0.5, 0.6) is 0 Å². The average molecular weight is 402 g/mol. The number of sulfonamides is 1. The molecule has 7 heteroatoms. The minimum Gasteiger partial charge on any atom is -0.339 e. The molecule has 1 aliphatic rings. The highest BCUT2D eigenvalue weighted by molar-refractivity contribution is 7.89. The van der Waals surface area contributed by atoms with E-state index in [0.29, 0.717) is 13.1 Å². The highest BCUT2D eigenvalue weighted by atomic mass is 32.2. The highest BCUT2D eigenvalue weighted by Gasteiger charge is 2.29. The maximum absolute atomic E-state index is 13.2. The van der Waals surface area contributed by atoms with Crippen molar-refractivity contribution in [2.75, 3.05) is 39.8 Å². The molecule has 0 saturated carbocycles. The first-order chi connectivity index (χ1) is 13.4. The Labute approximate surface area is 167 Å². The molecule has 6 nitrogen and oxygen atoms in total. The largest absolute Gasteiger partial charge is 0.339 e. The third-order valence-electron chi connectivity index (χ3n) is 5.03. The van der Waals surface area contributed by atoms with Crippen LogP contribution in [0.1, 0.15) is 11.1 Å². The summed E-state index contributed by atoms with van der Waals surface area (Å²) in [6.07, 6.45) is 0. The van der Waals surface area contributed by atoms with Gasteiger partial charge in [0.2, 0.25) is 15.9 Å². The second-order valence-corrected chi connectivity index (χ2v) is 9.19. The number of carbonyl (C=O) groups excluding carboxylic acids is 1. The Balaban J connectivity index is 1.83. The summed E-state index contributed by atoms with van der Waals surface area (Å²) in [5.74, 6) is -0.153.